The van der Waals surface area contributed by atoms with Gasteiger partial charge in [-0.25, -0.2) is 0 Å². The van der Waals surface area contributed by atoms with Crippen LogP contribution in [0.15, 0.2) is 200 Å². The second-order valence-corrected chi connectivity index (χ2v) is 19.3. The monoisotopic (exact) mass is 835 g/mol. The fourth-order valence-corrected chi connectivity index (χ4v) is 13.4. The quantitative estimate of drug-likeness (QED) is 0.148. The Balaban J connectivity index is 0.832. The van der Waals surface area contributed by atoms with Crippen LogP contribution >= 0.6 is 0 Å². The molecule has 4 unspecified atom stereocenters. The van der Waals surface area contributed by atoms with Crippen LogP contribution in [0.4, 0.5) is 0 Å². The maximum absolute atomic E-state index is 2.60. The minimum Gasteiger partial charge on any atom is -0.338 e. The van der Waals surface area contributed by atoms with Gasteiger partial charge in [0.05, 0.1) is 11.1 Å². The van der Waals surface area contributed by atoms with Crippen molar-refractivity contribution in [1.29, 1.82) is 0 Å². The van der Waals surface area contributed by atoms with E-state index >= 15 is 0 Å². The number of rotatable bonds is 6. The number of para-hydroxylation sites is 2. The second kappa shape index (κ2) is 13.6. The molecule has 2 aliphatic carbocycles. The van der Waals surface area contributed by atoms with E-state index in [-0.39, 0.29) is 5.41 Å². The molecular weight excluding hydrogens is 787 g/mol. The molecule has 0 saturated carbocycles. The molecule has 4 atom stereocenters. The van der Waals surface area contributed by atoms with Gasteiger partial charge in [-0.15, -0.1) is 9.13 Å². The molecule has 5 heterocycles. The Bertz CT molecular complexity index is 3510. The van der Waals surface area contributed by atoms with E-state index < -0.39 is 5.66 Å². The third kappa shape index (κ3) is 4.91. The molecule has 10 aromatic rings. The summed E-state index contributed by atoms with van der Waals surface area (Å²) in [7, 11) is 0. The van der Waals surface area contributed by atoms with Gasteiger partial charge in [-0.3, -0.25) is 0 Å². The van der Waals surface area contributed by atoms with Gasteiger partial charge in [-0.2, -0.15) is 0 Å². The molecule has 0 N–H and O–H groups in total. The van der Waals surface area contributed by atoms with Crippen molar-refractivity contribution in [2.24, 2.45) is 0 Å². The Hall–Kier alpha value is -7.36. The van der Waals surface area contributed by atoms with Gasteiger partial charge in [-0.1, -0.05) is 116 Å². The highest BCUT2D eigenvalue weighted by atomic mass is 15.3. The molecule has 0 saturated heterocycles. The van der Waals surface area contributed by atoms with Gasteiger partial charge >= 0.3 is 5.66 Å². The molecule has 0 fully saturated rings. The standard InChI is InChI=1S/C62H49N3/c1-3-41(34-40(2)65-59-24-10-6-17-49(59)50-18-7-11-25-60(50)65)42-26-28-43(29-27-42)44-30-31-48-47-16-4-8-20-53(47)61(55(48)36-44)38-45-35-52-56(37-46(45)39-61)62(64-33-15-13-23-58(52)64)54-21-9-5-19-51(54)57-22-12-14-32-63(57)62/h4-33,35-37,40-41H,3,34,38-39H2,1-2H3/q+2. The van der Waals surface area contributed by atoms with Crippen molar-refractivity contribution in [3.8, 4) is 44.8 Å². The number of aromatic nitrogens is 3. The fraction of sp³-hybridized carbons (Fsp3) is 0.161. The zero-order chi connectivity index (χ0) is 43.0. The van der Waals surface area contributed by atoms with E-state index in [0.717, 1.165) is 25.7 Å². The topological polar surface area (TPSA) is 12.7 Å². The highest BCUT2D eigenvalue weighted by Gasteiger charge is 2.66. The molecule has 310 valence electrons. The number of hydrogen-bond acceptors (Lipinski definition) is 0. The van der Waals surface area contributed by atoms with E-state index in [1.165, 1.54) is 106 Å². The molecule has 3 nitrogen and oxygen atoms in total. The van der Waals surface area contributed by atoms with Gasteiger partial charge in [-0.05, 0) is 143 Å². The molecule has 2 spiro atoms. The number of fused-ring (bicyclic) bond motifs is 19. The molecule has 14 rings (SSSR count). The van der Waals surface area contributed by atoms with Gasteiger partial charge < -0.3 is 4.57 Å². The van der Waals surface area contributed by atoms with E-state index in [2.05, 4.69) is 228 Å². The Morgan fingerprint density at radius 2 is 1.06 bits per heavy atom. The minimum absolute atomic E-state index is 0.131. The first-order chi connectivity index (χ1) is 32.1. The van der Waals surface area contributed by atoms with Gasteiger partial charge in [0, 0.05) is 57.5 Å². The first-order valence-electron chi connectivity index (χ1n) is 23.7. The average molecular weight is 836 g/mol. The van der Waals surface area contributed by atoms with Crippen molar-refractivity contribution >= 4 is 21.8 Å². The molecule has 3 heteroatoms. The summed E-state index contributed by atoms with van der Waals surface area (Å²) in [6, 6.07) is 71.9. The van der Waals surface area contributed by atoms with Crippen LogP contribution in [0.3, 0.4) is 0 Å². The van der Waals surface area contributed by atoms with E-state index in [1.807, 2.05) is 0 Å². The van der Waals surface area contributed by atoms with Crippen molar-refractivity contribution in [1.82, 2.24) is 4.57 Å². The normalized spacial score (nSPS) is 18.9. The van der Waals surface area contributed by atoms with Crippen molar-refractivity contribution in [3.05, 3.63) is 239 Å². The lowest BCUT2D eigenvalue weighted by Gasteiger charge is -2.27. The van der Waals surface area contributed by atoms with E-state index in [9.17, 15) is 0 Å². The van der Waals surface area contributed by atoms with Gasteiger partial charge in [0.2, 0.25) is 11.4 Å². The summed E-state index contributed by atoms with van der Waals surface area (Å²) in [6.45, 7) is 4.76. The summed E-state index contributed by atoms with van der Waals surface area (Å²) in [5.41, 5.74) is 22.6. The average Bonchev–Trinajstić information content (AvgIpc) is 4.14. The van der Waals surface area contributed by atoms with Gasteiger partial charge in [0.15, 0.2) is 12.4 Å². The summed E-state index contributed by atoms with van der Waals surface area (Å²) in [5, 5.41) is 2.69. The Morgan fingerprint density at radius 1 is 0.492 bits per heavy atom. The Morgan fingerprint density at radius 3 is 1.77 bits per heavy atom. The molecule has 65 heavy (non-hydrogen) atoms. The van der Waals surface area contributed by atoms with Crippen LogP contribution in [0.25, 0.3) is 66.6 Å². The third-order valence-electron chi connectivity index (χ3n) is 16.1. The van der Waals surface area contributed by atoms with E-state index in [1.54, 1.807) is 0 Å². The van der Waals surface area contributed by atoms with Crippen LogP contribution in [0.2, 0.25) is 0 Å². The first-order valence-corrected chi connectivity index (χ1v) is 23.7. The lowest BCUT2D eigenvalue weighted by molar-refractivity contribution is -0.955. The Labute approximate surface area is 380 Å². The predicted molar refractivity (Wildman–Crippen MR) is 263 cm³/mol. The van der Waals surface area contributed by atoms with Crippen LogP contribution in [-0.2, 0) is 23.9 Å². The van der Waals surface area contributed by atoms with E-state index in [0.29, 0.717) is 12.0 Å². The van der Waals surface area contributed by atoms with Crippen LogP contribution in [0.5, 0.6) is 0 Å². The third-order valence-corrected chi connectivity index (χ3v) is 16.1. The largest absolute Gasteiger partial charge is 0.417 e. The van der Waals surface area contributed by atoms with E-state index in [4.69, 9.17) is 0 Å². The number of benzene rings is 7. The SMILES string of the molecule is CCC(CC(C)n1c2ccccc2c2ccccc21)c1ccc(-c2ccc3c(c2)C2(Cc4cc5c(cc4C2)C2(c4ccccc4-c4cccc[n+]42)[n+]2ccccc2-5)c2ccccc2-3)cc1. The highest BCUT2D eigenvalue weighted by molar-refractivity contribution is 6.08. The molecule has 3 aromatic heterocycles. The van der Waals surface area contributed by atoms with Crippen molar-refractivity contribution in [2.75, 3.05) is 0 Å². The molecule has 0 amide bonds. The molecular formula is C62H49N3+2. The summed E-state index contributed by atoms with van der Waals surface area (Å²) in [6.07, 6.45) is 8.75. The van der Waals surface area contributed by atoms with Gasteiger partial charge in [0.25, 0.3) is 0 Å². The van der Waals surface area contributed by atoms with Crippen molar-refractivity contribution in [2.45, 2.75) is 62.6 Å². The molecule has 4 aliphatic rings. The van der Waals surface area contributed by atoms with Crippen LogP contribution in [0.1, 0.15) is 77.6 Å². The summed E-state index contributed by atoms with van der Waals surface area (Å²) < 4.78 is 7.64. The minimum atomic E-state index is -0.491. The molecule has 0 bridgehead atoms. The molecule has 7 aromatic carbocycles. The predicted octanol–water partition coefficient (Wildman–Crippen LogP) is 13.5. The van der Waals surface area contributed by atoms with Gasteiger partial charge in [0.1, 0.15) is 11.1 Å². The maximum Gasteiger partial charge on any atom is 0.417 e. The smallest absolute Gasteiger partial charge is 0.338 e. The zero-order valence-corrected chi connectivity index (χ0v) is 36.9. The number of hydrogen-bond donors (Lipinski definition) is 0. The second-order valence-electron chi connectivity index (χ2n) is 19.3. The summed E-state index contributed by atoms with van der Waals surface area (Å²) in [5.74, 6) is 0.462. The van der Waals surface area contributed by atoms with Crippen molar-refractivity contribution in [3.63, 3.8) is 0 Å². The van der Waals surface area contributed by atoms with Crippen LogP contribution < -0.4 is 9.13 Å². The van der Waals surface area contributed by atoms with Crippen LogP contribution in [-0.4, -0.2) is 4.57 Å². The zero-order valence-electron chi connectivity index (χ0n) is 36.9. The highest BCUT2D eigenvalue weighted by Crippen LogP contribution is 2.58. The molecule has 0 radical (unpaired) electrons. The first kappa shape index (κ1) is 37.1. The lowest BCUT2D eigenvalue weighted by atomic mass is 9.75. The number of pyridine rings is 2. The maximum atomic E-state index is 2.60. The summed E-state index contributed by atoms with van der Waals surface area (Å²) in [4.78, 5) is 0. The fourth-order valence-electron chi connectivity index (χ4n) is 13.4. The van der Waals surface area contributed by atoms with Crippen molar-refractivity contribution < 1.29 is 9.13 Å². The van der Waals surface area contributed by atoms with Crippen LogP contribution in [0, 0.1) is 0 Å². The lowest BCUT2D eigenvalue weighted by Crippen LogP contribution is -2.71. The number of nitrogens with zero attached hydrogens (tertiary/aromatic N) is 3. The summed E-state index contributed by atoms with van der Waals surface area (Å²) >= 11 is 0. The molecule has 2 aliphatic heterocycles. The Kier molecular flexibility index (Phi) is 7.74.